The Morgan fingerprint density at radius 1 is 1.27 bits per heavy atom. The molecule has 1 N–H and O–H groups in total. The van der Waals surface area contributed by atoms with Crippen LogP contribution < -0.4 is 10.2 Å². The van der Waals surface area contributed by atoms with E-state index in [0.29, 0.717) is 23.9 Å². The molecule has 1 aliphatic rings. The maximum atomic E-state index is 11.9. The average Bonchev–Trinajstić information content (AvgIpc) is 3.16. The Morgan fingerprint density at radius 3 is 2.80 bits per heavy atom. The topological polar surface area (TPSA) is 79.2 Å². The van der Waals surface area contributed by atoms with Crippen molar-refractivity contribution in [2.24, 2.45) is 0 Å². The van der Waals surface area contributed by atoms with E-state index in [9.17, 15) is 4.79 Å². The quantitative estimate of drug-likeness (QED) is 0.610. The predicted octanol–water partition coefficient (Wildman–Crippen LogP) is 2.20. The monoisotopic (exact) mass is 425 g/mol. The Morgan fingerprint density at radius 2 is 2.07 bits per heavy atom. The number of nitrogens with zero attached hydrogens (tertiary/aromatic N) is 6. The first kappa shape index (κ1) is 20.3. The number of nitrogens with one attached hydrogen (secondary N) is 1. The highest BCUT2D eigenvalue weighted by atomic mass is 35.5. The van der Waals surface area contributed by atoms with Gasteiger partial charge in [0.2, 0.25) is 5.91 Å². The van der Waals surface area contributed by atoms with Gasteiger partial charge in [-0.25, -0.2) is 14.6 Å². The summed E-state index contributed by atoms with van der Waals surface area (Å²) >= 11 is 6.15. The fraction of sp³-hybridized carbons (Fsp3) is 0.333. The molecule has 2 aromatic heterocycles. The number of piperazine rings is 1. The lowest BCUT2D eigenvalue weighted by atomic mass is 10.2. The fourth-order valence-electron chi connectivity index (χ4n) is 3.60. The molecule has 0 bridgehead atoms. The molecule has 3 aromatic rings. The number of carbonyl (C=O) groups is 1. The molecule has 0 radical (unpaired) electrons. The van der Waals surface area contributed by atoms with Crippen molar-refractivity contribution >= 4 is 34.4 Å². The number of aryl methyl sites for hydroxylation is 1. The van der Waals surface area contributed by atoms with E-state index in [0.717, 1.165) is 48.7 Å². The molecule has 9 heteroatoms. The van der Waals surface area contributed by atoms with Crippen molar-refractivity contribution in [2.75, 3.05) is 44.2 Å². The largest absolute Gasteiger partial charge is 0.353 e. The van der Waals surface area contributed by atoms with Gasteiger partial charge in [0.05, 0.1) is 23.8 Å². The van der Waals surface area contributed by atoms with Gasteiger partial charge < -0.3 is 10.2 Å². The second-order valence-electron chi connectivity index (χ2n) is 7.22. The van der Waals surface area contributed by atoms with Crippen LogP contribution in [0, 0.1) is 6.92 Å². The summed E-state index contributed by atoms with van der Waals surface area (Å²) in [4.78, 5) is 25.7. The van der Waals surface area contributed by atoms with Gasteiger partial charge in [-0.2, -0.15) is 5.10 Å². The van der Waals surface area contributed by atoms with Crippen LogP contribution in [0.2, 0.25) is 5.02 Å². The lowest BCUT2D eigenvalue weighted by Gasteiger charge is -2.35. The Hall–Kier alpha value is -2.97. The lowest BCUT2D eigenvalue weighted by molar-refractivity contribution is -0.122. The standard InChI is InChI=1S/C21H24ClN7O/c1-3-7-23-19(30)14-27-8-10-28(11-9-27)20-18-13-24-29(21(18)26-15(2)25-20)17-6-4-5-16(22)12-17/h3-6,12-13H,1,7-11,14H2,2H3,(H,23,30). The van der Waals surface area contributed by atoms with Crippen molar-refractivity contribution in [3.8, 4) is 5.69 Å². The van der Waals surface area contributed by atoms with Crippen LogP contribution in [0.1, 0.15) is 5.82 Å². The summed E-state index contributed by atoms with van der Waals surface area (Å²) in [5.41, 5.74) is 1.61. The lowest BCUT2D eigenvalue weighted by Crippen LogP contribution is -2.49. The van der Waals surface area contributed by atoms with Gasteiger partial charge in [0.15, 0.2) is 5.65 Å². The molecular weight excluding hydrogens is 402 g/mol. The van der Waals surface area contributed by atoms with Crippen LogP contribution in [0.4, 0.5) is 5.82 Å². The minimum Gasteiger partial charge on any atom is -0.353 e. The number of hydrogen-bond acceptors (Lipinski definition) is 6. The first-order valence-electron chi connectivity index (χ1n) is 9.88. The molecule has 4 rings (SSSR count). The zero-order valence-electron chi connectivity index (χ0n) is 16.9. The van der Waals surface area contributed by atoms with Crippen molar-refractivity contribution in [1.29, 1.82) is 0 Å². The zero-order chi connectivity index (χ0) is 21.1. The molecule has 1 saturated heterocycles. The van der Waals surface area contributed by atoms with E-state index in [4.69, 9.17) is 16.6 Å². The number of halogens is 1. The number of hydrogen-bond donors (Lipinski definition) is 1. The molecule has 0 aliphatic carbocycles. The van der Waals surface area contributed by atoms with Crippen LogP contribution in [-0.2, 0) is 4.79 Å². The van der Waals surface area contributed by atoms with Crippen LogP contribution in [0.15, 0.2) is 43.1 Å². The van der Waals surface area contributed by atoms with Gasteiger partial charge in [-0.05, 0) is 25.1 Å². The summed E-state index contributed by atoms with van der Waals surface area (Å²) in [6.45, 7) is 9.53. The van der Waals surface area contributed by atoms with E-state index in [1.807, 2.05) is 31.2 Å². The highest BCUT2D eigenvalue weighted by molar-refractivity contribution is 6.30. The Balaban J connectivity index is 1.54. The number of benzene rings is 1. The molecular formula is C21H24ClN7O. The highest BCUT2D eigenvalue weighted by Gasteiger charge is 2.23. The van der Waals surface area contributed by atoms with Gasteiger partial charge >= 0.3 is 0 Å². The predicted molar refractivity (Wildman–Crippen MR) is 118 cm³/mol. The van der Waals surface area contributed by atoms with E-state index in [1.165, 1.54) is 0 Å². The van der Waals surface area contributed by atoms with Crippen LogP contribution >= 0.6 is 11.6 Å². The summed E-state index contributed by atoms with van der Waals surface area (Å²) in [6, 6.07) is 7.54. The van der Waals surface area contributed by atoms with Crippen molar-refractivity contribution in [3.63, 3.8) is 0 Å². The number of anilines is 1. The third-order valence-electron chi connectivity index (χ3n) is 5.06. The molecule has 0 spiro atoms. The van der Waals surface area contributed by atoms with Crippen LogP contribution in [0.5, 0.6) is 0 Å². The van der Waals surface area contributed by atoms with Crippen LogP contribution in [0.25, 0.3) is 16.7 Å². The second kappa shape index (κ2) is 8.81. The maximum Gasteiger partial charge on any atom is 0.234 e. The van der Waals surface area contributed by atoms with Gasteiger partial charge in [0.1, 0.15) is 11.6 Å². The van der Waals surface area contributed by atoms with Crippen molar-refractivity contribution in [1.82, 2.24) is 30.0 Å². The summed E-state index contributed by atoms with van der Waals surface area (Å²) in [5.74, 6) is 1.58. The van der Waals surface area contributed by atoms with Crippen molar-refractivity contribution in [3.05, 3.63) is 54.0 Å². The van der Waals surface area contributed by atoms with E-state index >= 15 is 0 Å². The first-order valence-corrected chi connectivity index (χ1v) is 10.3. The second-order valence-corrected chi connectivity index (χ2v) is 7.66. The third kappa shape index (κ3) is 4.29. The molecule has 156 valence electrons. The van der Waals surface area contributed by atoms with Gasteiger partial charge in [-0.15, -0.1) is 6.58 Å². The van der Waals surface area contributed by atoms with E-state index < -0.39 is 0 Å². The Bertz CT molecular complexity index is 1070. The molecule has 8 nitrogen and oxygen atoms in total. The molecule has 1 aliphatic heterocycles. The Labute approximate surface area is 180 Å². The summed E-state index contributed by atoms with van der Waals surface area (Å²) < 4.78 is 1.79. The number of rotatable bonds is 6. The van der Waals surface area contributed by atoms with Gasteiger partial charge in [0, 0.05) is 37.7 Å². The van der Waals surface area contributed by atoms with Crippen LogP contribution in [0.3, 0.4) is 0 Å². The van der Waals surface area contributed by atoms with Gasteiger partial charge in [0.25, 0.3) is 0 Å². The van der Waals surface area contributed by atoms with E-state index in [2.05, 4.69) is 31.8 Å². The molecule has 1 amide bonds. The minimum atomic E-state index is 0.0198. The molecule has 3 heterocycles. The van der Waals surface area contributed by atoms with Crippen molar-refractivity contribution < 1.29 is 4.79 Å². The minimum absolute atomic E-state index is 0.0198. The molecule has 1 fully saturated rings. The van der Waals surface area contributed by atoms with E-state index in [1.54, 1.807) is 17.0 Å². The summed E-state index contributed by atoms with van der Waals surface area (Å²) in [5, 5.41) is 8.92. The van der Waals surface area contributed by atoms with Gasteiger partial charge in [-0.1, -0.05) is 23.7 Å². The molecule has 0 atom stereocenters. The average molecular weight is 426 g/mol. The smallest absolute Gasteiger partial charge is 0.234 e. The SMILES string of the molecule is C=CCNC(=O)CN1CCN(c2nc(C)nc3c2cnn3-c2cccc(Cl)c2)CC1. The summed E-state index contributed by atoms with van der Waals surface area (Å²) in [7, 11) is 0. The van der Waals surface area contributed by atoms with E-state index in [-0.39, 0.29) is 5.91 Å². The van der Waals surface area contributed by atoms with Crippen LogP contribution in [-0.4, -0.2) is 69.8 Å². The first-order chi connectivity index (χ1) is 14.5. The number of aromatic nitrogens is 4. The highest BCUT2D eigenvalue weighted by Crippen LogP contribution is 2.27. The summed E-state index contributed by atoms with van der Waals surface area (Å²) in [6.07, 6.45) is 3.49. The fourth-order valence-corrected chi connectivity index (χ4v) is 3.78. The molecule has 0 saturated carbocycles. The normalized spacial score (nSPS) is 14.8. The Kier molecular flexibility index (Phi) is 5.96. The van der Waals surface area contributed by atoms with Gasteiger partial charge in [-0.3, -0.25) is 9.69 Å². The molecule has 30 heavy (non-hydrogen) atoms. The number of amides is 1. The van der Waals surface area contributed by atoms with Crippen molar-refractivity contribution in [2.45, 2.75) is 6.92 Å². The molecule has 1 aromatic carbocycles. The zero-order valence-corrected chi connectivity index (χ0v) is 17.6. The molecule has 0 unspecified atom stereocenters. The third-order valence-corrected chi connectivity index (χ3v) is 5.29. The number of fused-ring (bicyclic) bond motifs is 1. The number of carbonyl (C=O) groups excluding carboxylic acids is 1. The maximum absolute atomic E-state index is 11.9.